The Morgan fingerprint density at radius 1 is 1.29 bits per heavy atom. The lowest BCUT2D eigenvalue weighted by Crippen LogP contribution is -2.40. The summed E-state index contributed by atoms with van der Waals surface area (Å²) in [5.74, 6) is -0.0537. The fourth-order valence-corrected chi connectivity index (χ4v) is 4.39. The quantitative estimate of drug-likeness (QED) is 0.802. The molecule has 0 spiro atoms. The first-order valence-electron chi connectivity index (χ1n) is 9.50. The predicted octanol–water partition coefficient (Wildman–Crippen LogP) is 3.83. The van der Waals surface area contributed by atoms with Crippen molar-refractivity contribution in [3.05, 3.63) is 23.1 Å². The average Bonchev–Trinajstić information content (AvgIpc) is 3.18. The van der Waals surface area contributed by atoms with Gasteiger partial charge in [0.1, 0.15) is 5.69 Å². The number of aliphatic hydroxyl groups is 2. The molecule has 0 bridgehead atoms. The van der Waals surface area contributed by atoms with Crippen molar-refractivity contribution in [3.8, 4) is 11.3 Å². The maximum atomic E-state index is 13.3. The van der Waals surface area contributed by atoms with Crippen LogP contribution in [-0.4, -0.2) is 36.9 Å². The topological polar surface area (TPSA) is 84.3 Å². The van der Waals surface area contributed by atoms with Gasteiger partial charge in [-0.05, 0) is 51.9 Å². The molecule has 28 heavy (non-hydrogen) atoms. The molecular weight excluding hydrogens is 375 g/mol. The van der Waals surface area contributed by atoms with Crippen molar-refractivity contribution in [2.24, 2.45) is 0 Å². The molecule has 2 aromatic rings. The zero-order valence-corrected chi connectivity index (χ0v) is 16.0. The minimum atomic E-state index is -4.86. The molecule has 1 fully saturated rings. The van der Waals surface area contributed by atoms with Crippen LogP contribution in [0.5, 0.6) is 0 Å². The standard InChI is InChI=1S/C19H24F3N3O3/c1-10-8-13-12(9-23-25(13)11-4-6-17(2,26)7-5-11)15-14(10)16(24-28-15)18(3,27)19(20,21)22/h9-11,26-27H,4-8H2,1-3H3/t10-,11?,17?,18-/m1/s1. The van der Waals surface area contributed by atoms with Crippen molar-refractivity contribution < 1.29 is 27.9 Å². The van der Waals surface area contributed by atoms with Gasteiger partial charge in [-0.25, -0.2) is 0 Å². The third-order valence-corrected chi connectivity index (χ3v) is 6.25. The number of hydrogen-bond acceptors (Lipinski definition) is 5. The lowest BCUT2D eigenvalue weighted by atomic mass is 9.81. The summed E-state index contributed by atoms with van der Waals surface area (Å²) in [6.07, 6.45) is 0.143. The van der Waals surface area contributed by atoms with Crippen molar-refractivity contribution in [2.75, 3.05) is 0 Å². The van der Waals surface area contributed by atoms with Gasteiger partial charge in [0, 0.05) is 5.56 Å². The minimum absolute atomic E-state index is 0.137. The molecule has 9 heteroatoms. The Kier molecular flexibility index (Phi) is 4.21. The van der Waals surface area contributed by atoms with Crippen LogP contribution in [0.4, 0.5) is 13.2 Å². The lowest BCUT2D eigenvalue weighted by Gasteiger charge is -2.34. The number of halogens is 3. The minimum Gasteiger partial charge on any atom is -0.390 e. The van der Waals surface area contributed by atoms with Crippen LogP contribution in [0, 0.1) is 0 Å². The molecule has 0 radical (unpaired) electrons. The van der Waals surface area contributed by atoms with Gasteiger partial charge in [-0.1, -0.05) is 12.1 Å². The highest BCUT2D eigenvalue weighted by molar-refractivity contribution is 5.68. The molecule has 0 aliphatic heterocycles. The van der Waals surface area contributed by atoms with Crippen LogP contribution in [-0.2, 0) is 12.0 Å². The number of nitrogens with zero attached hydrogens (tertiary/aromatic N) is 3. The molecule has 2 heterocycles. The summed E-state index contributed by atoms with van der Waals surface area (Å²) < 4.78 is 47.2. The molecule has 0 saturated heterocycles. The smallest absolute Gasteiger partial charge is 0.390 e. The lowest BCUT2D eigenvalue weighted by molar-refractivity contribution is -0.261. The normalized spacial score (nSPS) is 29.9. The van der Waals surface area contributed by atoms with Crippen molar-refractivity contribution in [1.29, 1.82) is 0 Å². The van der Waals surface area contributed by atoms with Crippen molar-refractivity contribution in [3.63, 3.8) is 0 Å². The molecule has 2 aromatic heterocycles. The highest BCUT2D eigenvalue weighted by Gasteiger charge is 2.55. The van der Waals surface area contributed by atoms with Gasteiger partial charge in [-0.15, -0.1) is 0 Å². The monoisotopic (exact) mass is 399 g/mol. The summed E-state index contributed by atoms with van der Waals surface area (Å²) in [5, 5.41) is 28.4. The molecule has 6 nitrogen and oxygen atoms in total. The van der Waals surface area contributed by atoms with Crippen LogP contribution in [0.3, 0.4) is 0 Å². The summed E-state index contributed by atoms with van der Waals surface area (Å²) in [7, 11) is 0. The van der Waals surface area contributed by atoms with E-state index >= 15 is 0 Å². The summed E-state index contributed by atoms with van der Waals surface area (Å²) in [6.45, 7) is 4.33. The van der Waals surface area contributed by atoms with Gasteiger partial charge < -0.3 is 14.7 Å². The van der Waals surface area contributed by atoms with E-state index in [1.165, 1.54) is 0 Å². The van der Waals surface area contributed by atoms with Crippen LogP contribution in [0.1, 0.15) is 75.4 Å². The van der Waals surface area contributed by atoms with E-state index in [4.69, 9.17) is 4.52 Å². The maximum Gasteiger partial charge on any atom is 0.422 e. The van der Waals surface area contributed by atoms with E-state index in [0.717, 1.165) is 18.5 Å². The van der Waals surface area contributed by atoms with Crippen molar-refractivity contribution >= 4 is 0 Å². The first-order chi connectivity index (χ1) is 12.9. The van der Waals surface area contributed by atoms with Crippen LogP contribution in [0.2, 0.25) is 0 Å². The fraction of sp³-hybridized carbons (Fsp3) is 0.684. The number of rotatable bonds is 2. The van der Waals surface area contributed by atoms with E-state index in [1.807, 2.05) is 11.6 Å². The van der Waals surface area contributed by atoms with Crippen LogP contribution in [0.15, 0.2) is 10.7 Å². The zero-order chi connectivity index (χ0) is 20.5. The Balaban J connectivity index is 1.73. The highest BCUT2D eigenvalue weighted by atomic mass is 19.4. The predicted molar refractivity (Wildman–Crippen MR) is 93.6 cm³/mol. The number of hydrogen-bond donors (Lipinski definition) is 2. The molecule has 2 aliphatic carbocycles. The Labute approximate surface area is 160 Å². The average molecular weight is 399 g/mol. The molecule has 0 unspecified atom stereocenters. The Morgan fingerprint density at radius 3 is 2.54 bits per heavy atom. The van der Waals surface area contributed by atoms with Crippen LogP contribution >= 0.6 is 0 Å². The molecule has 0 amide bonds. The second-order valence-corrected chi connectivity index (χ2v) is 8.63. The van der Waals surface area contributed by atoms with E-state index in [-0.39, 0.29) is 17.7 Å². The van der Waals surface area contributed by atoms with Gasteiger partial charge in [0.2, 0.25) is 5.60 Å². The van der Waals surface area contributed by atoms with E-state index in [2.05, 4.69) is 10.3 Å². The van der Waals surface area contributed by atoms with Gasteiger partial charge in [0.05, 0.1) is 29.1 Å². The van der Waals surface area contributed by atoms with E-state index < -0.39 is 23.1 Å². The summed E-state index contributed by atoms with van der Waals surface area (Å²) >= 11 is 0. The van der Waals surface area contributed by atoms with Crippen molar-refractivity contribution in [2.45, 2.75) is 82.2 Å². The zero-order valence-electron chi connectivity index (χ0n) is 16.0. The molecule has 4 rings (SSSR count). The third-order valence-electron chi connectivity index (χ3n) is 6.25. The molecule has 1 saturated carbocycles. The molecule has 2 atom stereocenters. The second kappa shape index (κ2) is 6.06. The summed E-state index contributed by atoms with van der Waals surface area (Å²) in [6, 6.07) is 0.137. The number of fused-ring (bicyclic) bond motifs is 3. The molecular formula is C19H24F3N3O3. The molecule has 154 valence electrons. The summed E-state index contributed by atoms with van der Waals surface area (Å²) in [5.41, 5.74) is -2.40. The van der Waals surface area contributed by atoms with Gasteiger partial charge in [0.25, 0.3) is 0 Å². The Bertz CT molecular complexity index is 888. The largest absolute Gasteiger partial charge is 0.422 e. The van der Waals surface area contributed by atoms with E-state index in [9.17, 15) is 23.4 Å². The molecule has 0 aromatic carbocycles. The first-order valence-corrected chi connectivity index (χ1v) is 9.50. The van der Waals surface area contributed by atoms with Crippen molar-refractivity contribution in [1.82, 2.24) is 14.9 Å². The number of aromatic nitrogens is 3. The Morgan fingerprint density at radius 2 is 1.93 bits per heavy atom. The third kappa shape index (κ3) is 2.86. The number of alkyl halides is 3. The first kappa shape index (κ1) is 19.4. The van der Waals surface area contributed by atoms with Crippen LogP contribution in [0.25, 0.3) is 11.3 Å². The molecule has 2 N–H and O–H groups in total. The summed E-state index contributed by atoms with van der Waals surface area (Å²) in [4.78, 5) is 0. The van der Waals surface area contributed by atoms with Crippen LogP contribution < -0.4 is 0 Å². The fourth-order valence-electron chi connectivity index (χ4n) is 4.39. The van der Waals surface area contributed by atoms with E-state index in [0.29, 0.717) is 37.3 Å². The van der Waals surface area contributed by atoms with E-state index in [1.54, 1.807) is 13.1 Å². The SMILES string of the molecule is C[C@@H]1Cc2c(cnn2C2CCC(C)(O)CC2)-c2onc([C@@](C)(O)C(F)(F)F)c21. The van der Waals surface area contributed by atoms with Gasteiger partial charge >= 0.3 is 6.18 Å². The van der Waals surface area contributed by atoms with Gasteiger partial charge in [0.15, 0.2) is 5.76 Å². The highest BCUT2D eigenvalue weighted by Crippen LogP contribution is 2.48. The second-order valence-electron chi connectivity index (χ2n) is 8.63. The Hall–Kier alpha value is -1.87. The molecule has 2 aliphatic rings. The van der Waals surface area contributed by atoms with Gasteiger partial charge in [-0.2, -0.15) is 18.3 Å². The maximum absolute atomic E-state index is 13.3. The van der Waals surface area contributed by atoms with Gasteiger partial charge in [-0.3, -0.25) is 4.68 Å².